The van der Waals surface area contributed by atoms with E-state index >= 15 is 0 Å². The maximum absolute atomic E-state index is 12.4. The van der Waals surface area contributed by atoms with Crippen molar-refractivity contribution in [3.8, 4) is 0 Å². The Morgan fingerprint density at radius 2 is 2.04 bits per heavy atom. The van der Waals surface area contributed by atoms with Crippen molar-refractivity contribution in [2.75, 3.05) is 31.5 Å². The number of alkyl halides is 3. The molecule has 1 saturated heterocycles. The number of thiophene rings is 1. The molecule has 0 unspecified atom stereocenters. The fourth-order valence-corrected chi connectivity index (χ4v) is 3.82. The molecule has 132 valence electrons. The number of piperidine rings is 1. The highest BCUT2D eigenvalue weighted by Crippen LogP contribution is 2.27. The summed E-state index contributed by atoms with van der Waals surface area (Å²) in [5, 5.41) is 6.42. The molecule has 8 heteroatoms. The lowest BCUT2D eigenvalue weighted by atomic mass is 9.97. The van der Waals surface area contributed by atoms with Gasteiger partial charge in [0.05, 0.1) is 11.9 Å². The van der Waals surface area contributed by atoms with Crippen molar-refractivity contribution in [3.05, 3.63) is 17.3 Å². The zero-order valence-corrected chi connectivity index (χ0v) is 14.4. The van der Waals surface area contributed by atoms with Crippen molar-refractivity contribution >= 4 is 27.4 Å². The van der Waals surface area contributed by atoms with E-state index in [1.54, 1.807) is 11.3 Å². The SMILES string of the molecule is CCc1nc(NCC2CCN(CC(F)(F)F)CC2)c2ccsc2n1. The van der Waals surface area contributed by atoms with Gasteiger partial charge in [0.15, 0.2) is 0 Å². The molecule has 0 radical (unpaired) electrons. The van der Waals surface area contributed by atoms with E-state index in [1.807, 2.05) is 18.4 Å². The number of rotatable bonds is 5. The van der Waals surface area contributed by atoms with Crippen LogP contribution >= 0.6 is 11.3 Å². The van der Waals surface area contributed by atoms with Crippen LogP contribution in [0.15, 0.2) is 11.4 Å². The number of halogens is 3. The molecule has 0 saturated carbocycles. The Balaban J connectivity index is 1.56. The molecule has 1 aliphatic rings. The number of hydrogen-bond donors (Lipinski definition) is 1. The number of nitrogens with one attached hydrogen (secondary N) is 1. The van der Waals surface area contributed by atoms with Gasteiger partial charge < -0.3 is 5.32 Å². The second-order valence-corrected chi connectivity index (χ2v) is 7.09. The molecule has 1 fully saturated rings. The lowest BCUT2D eigenvalue weighted by Gasteiger charge is -2.32. The topological polar surface area (TPSA) is 41.1 Å². The van der Waals surface area contributed by atoms with Gasteiger partial charge in [-0.1, -0.05) is 6.92 Å². The fourth-order valence-electron chi connectivity index (χ4n) is 3.04. The van der Waals surface area contributed by atoms with Gasteiger partial charge in [-0.05, 0) is 43.3 Å². The van der Waals surface area contributed by atoms with Crippen molar-refractivity contribution in [2.24, 2.45) is 5.92 Å². The second-order valence-electron chi connectivity index (χ2n) is 6.20. The largest absolute Gasteiger partial charge is 0.401 e. The quantitative estimate of drug-likeness (QED) is 0.879. The molecule has 0 atom stereocenters. The van der Waals surface area contributed by atoms with E-state index in [0.29, 0.717) is 19.0 Å². The molecule has 1 N–H and O–H groups in total. The number of aryl methyl sites for hydroxylation is 1. The predicted molar refractivity (Wildman–Crippen MR) is 90.5 cm³/mol. The molecule has 0 amide bonds. The van der Waals surface area contributed by atoms with Crippen LogP contribution in [0.3, 0.4) is 0 Å². The number of likely N-dealkylation sites (tertiary alicyclic amines) is 1. The first-order valence-corrected chi connectivity index (χ1v) is 9.09. The van der Waals surface area contributed by atoms with E-state index in [2.05, 4.69) is 15.3 Å². The Labute approximate surface area is 143 Å². The van der Waals surface area contributed by atoms with Gasteiger partial charge in [-0.25, -0.2) is 9.97 Å². The second kappa shape index (κ2) is 7.23. The van der Waals surface area contributed by atoms with Crippen molar-refractivity contribution in [1.82, 2.24) is 14.9 Å². The van der Waals surface area contributed by atoms with Crippen LogP contribution in [-0.4, -0.2) is 47.2 Å². The summed E-state index contributed by atoms with van der Waals surface area (Å²) in [6.07, 6.45) is -1.77. The summed E-state index contributed by atoms with van der Waals surface area (Å²) in [6.45, 7) is 2.97. The molecule has 0 bridgehead atoms. The van der Waals surface area contributed by atoms with E-state index in [9.17, 15) is 13.2 Å². The van der Waals surface area contributed by atoms with Gasteiger partial charge >= 0.3 is 6.18 Å². The first-order valence-electron chi connectivity index (χ1n) is 8.21. The van der Waals surface area contributed by atoms with E-state index in [1.165, 1.54) is 4.90 Å². The van der Waals surface area contributed by atoms with Gasteiger partial charge in [0.2, 0.25) is 0 Å². The summed E-state index contributed by atoms with van der Waals surface area (Å²) in [6, 6.07) is 2.01. The van der Waals surface area contributed by atoms with Gasteiger partial charge in [0.1, 0.15) is 16.5 Å². The minimum Gasteiger partial charge on any atom is -0.369 e. The van der Waals surface area contributed by atoms with E-state index in [0.717, 1.165) is 47.7 Å². The zero-order valence-electron chi connectivity index (χ0n) is 13.6. The monoisotopic (exact) mass is 358 g/mol. The third kappa shape index (κ3) is 4.36. The summed E-state index contributed by atoms with van der Waals surface area (Å²) in [4.78, 5) is 11.5. The standard InChI is InChI=1S/C16H21F3N4S/c1-2-13-21-14(12-5-8-24-15(12)22-13)20-9-11-3-6-23(7-4-11)10-16(17,18)19/h5,8,11H,2-4,6-7,9-10H2,1H3,(H,20,21,22). The van der Waals surface area contributed by atoms with Crippen molar-refractivity contribution < 1.29 is 13.2 Å². The Bertz CT molecular complexity index is 678. The van der Waals surface area contributed by atoms with Crippen LogP contribution in [0.25, 0.3) is 10.2 Å². The summed E-state index contributed by atoms with van der Waals surface area (Å²) in [5.74, 6) is 2.03. The average molecular weight is 358 g/mol. The number of aromatic nitrogens is 2. The lowest BCUT2D eigenvalue weighted by molar-refractivity contribution is -0.148. The fraction of sp³-hybridized carbons (Fsp3) is 0.625. The van der Waals surface area contributed by atoms with Gasteiger partial charge in [-0.2, -0.15) is 13.2 Å². The van der Waals surface area contributed by atoms with Gasteiger partial charge in [-0.15, -0.1) is 11.3 Å². The number of fused-ring (bicyclic) bond motifs is 1. The molecule has 0 aromatic carbocycles. The van der Waals surface area contributed by atoms with E-state index in [4.69, 9.17) is 0 Å². The molecule has 4 nitrogen and oxygen atoms in total. The molecule has 2 aromatic rings. The minimum atomic E-state index is -4.10. The van der Waals surface area contributed by atoms with Crippen LogP contribution in [0.5, 0.6) is 0 Å². The van der Waals surface area contributed by atoms with Crippen LogP contribution in [0.1, 0.15) is 25.6 Å². The van der Waals surface area contributed by atoms with Crippen LogP contribution in [0.4, 0.5) is 19.0 Å². The van der Waals surface area contributed by atoms with Crippen LogP contribution in [0, 0.1) is 5.92 Å². The normalized spacial score (nSPS) is 17.5. The summed E-state index contributed by atoms with van der Waals surface area (Å²) >= 11 is 1.59. The maximum atomic E-state index is 12.4. The highest BCUT2D eigenvalue weighted by Gasteiger charge is 2.32. The Morgan fingerprint density at radius 1 is 1.29 bits per heavy atom. The highest BCUT2D eigenvalue weighted by atomic mass is 32.1. The molecule has 24 heavy (non-hydrogen) atoms. The van der Waals surface area contributed by atoms with Crippen molar-refractivity contribution in [1.29, 1.82) is 0 Å². The number of hydrogen-bond acceptors (Lipinski definition) is 5. The Kier molecular flexibility index (Phi) is 5.24. The molecule has 3 heterocycles. The Morgan fingerprint density at radius 3 is 2.71 bits per heavy atom. The Hall–Kier alpha value is -1.41. The van der Waals surface area contributed by atoms with Crippen molar-refractivity contribution in [2.45, 2.75) is 32.4 Å². The first kappa shape index (κ1) is 17.4. The summed E-state index contributed by atoms with van der Waals surface area (Å²) in [5.41, 5.74) is 0. The number of anilines is 1. The first-order chi connectivity index (χ1) is 11.4. The average Bonchev–Trinajstić information content (AvgIpc) is 3.01. The third-order valence-electron chi connectivity index (χ3n) is 4.36. The van der Waals surface area contributed by atoms with Gasteiger partial charge in [0, 0.05) is 13.0 Å². The van der Waals surface area contributed by atoms with Crippen LogP contribution in [0.2, 0.25) is 0 Å². The molecule has 0 spiro atoms. The third-order valence-corrected chi connectivity index (χ3v) is 5.16. The molecule has 1 aliphatic heterocycles. The minimum absolute atomic E-state index is 0.378. The smallest absolute Gasteiger partial charge is 0.369 e. The van der Waals surface area contributed by atoms with Gasteiger partial charge in [-0.3, -0.25) is 4.90 Å². The summed E-state index contributed by atoms with van der Waals surface area (Å²) in [7, 11) is 0. The lowest BCUT2D eigenvalue weighted by Crippen LogP contribution is -2.41. The molecular weight excluding hydrogens is 337 g/mol. The molecular formula is C16H21F3N4S. The van der Waals surface area contributed by atoms with Crippen LogP contribution < -0.4 is 5.32 Å². The molecule has 0 aliphatic carbocycles. The molecule has 2 aromatic heterocycles. The summed E-state index contributed by atoms with van der Waals surface area (Å²) < 4.78 is 37.3. The maximum Gasteiger partial charge on any atom is 0.401 e. The van der Waals surface area contributed by atoms with E-state index < -0.39 is 12.7 Å². The van der Waals surface area contributed by atoms with Crippen LogP contribution in [-0.2, 0) is 6.42 Å². The zero-order chi connectivity index (χ0) is 17.2. The van der Waals surface area contributed by atoms with E-state index in [-0.39, 0.29) is 0 Å². The predicted octanol–water partition coefficient (Wildman–Crippen LogP) is 3.94. The number of nitrogens with zero attached hydrogens (tertiary/aromatic N) is 3. The highest BCUT2D eigenvalue weighted by molar-refractivity contribution is 7.16. The molecule has 3 rings (SSSR count). The van der Waals surface area contributed by atoms with Gasteiger partial charge in [0.25, 0.3) is 0 Å². The van der Waals surface area contributed by atoms with Crippen molar-refractivity contribution in [3.63, 3.8) is 0 Å².